The van der Waals surface area contributed by atoms with E-state index in [1.807, 2.05) is 0 Å². The maximum Gasteiger partial charge on any atom is 0.303 e. The summed E-state index contributed by atoms with van der Waals surface area (Å²) in [4.78, 5) is 22.1. The zero-order valence-electron chi connectivity index (χ0n) is 7.87. The number of benzene rings is 1. The molecule has 3 nitrogen and oxygen atoms in total. The molecule has 0 aliphatic heterocycles. The number of fused-ring (bicyclic) bond motifs is 1. The van der Waals surface area contributed by atoms with E-state index in [4.69, 9.17) is 16.7 Å². The van der Waals surface area contributed by atoms with Crippen molar-refractivity contribution in [3.8, 4) is 0 Å². The van der Waals surface area contributed by atoms with E-state index in [2.05, 4.69) is 0 Å². The molecule has 1 N–H and O–H groups in total. The Morgan fingerprint density at radius 3 is 2.93 bits per heavy atom. The fourth-order valence-electron chi connectivity index (χ4n) is 1.96. The van der Waals surface area contributed by atoms with E-state index in [-0.39, 0.29) is 24.5 Å². The van der Waals surface area contributed by atoms with Crippen molar-refractivity contribution in [1.29, 1.82) is 0 Å². The first-order valence-electron chi connectivity index (χ1n) is 4.62. The maximum atomic E-state index is 11.5. The first-order chi connectivity index (χ1) is 7.08. The average Bonchev–Trinajstić information content (AvgIpc) is 2.42. The number of carboxylic acid groups (broad SMARTS) is 1. The maximum absolute atomic E-state index is 11.5. The number of carbonyl (C=O) groups is 2. The number of Topliss-reactive ketones (excluding diaryl/α,β-unsaturated/α-hetero) is 1. The molecule has 2 rings (SSSR count). The van der Waals surface area contributed by atoms with Gasteiger partial charge in [0, 0.05) is 22.9 Å². The minimum Gasteiger partial charge on any atom is -0.481 e. The Morgan fingerprint density at radius 2 is 2.27 bits per heavy atom. The Morgan fingerprint density at radius 1 is 1.53 bits per heavy atom. The number of halogens is 1. The van der Waals surface area contributed by atoms with Gasteiger partial charge < -0.3 is 5.11 Å². The van der Waals surface area contributed by atoms with E-state index in [1.165, 1.54) is 0 Å². The van der Waals surface area contributed by atoms with Gasteiger partial charge in [0.1, 0.15) is 0 Å². The van der Waals surface area contributed by atoms with Crippen LogP contribution >= 0.6 is 11.6 Å². The van der Waals surface area contributed by atoms with Crippen LogP contribution in [0, 0.1) is 0 Å². The molecular formula is C11H9ClO3. The molecule has 0 heterocycles. The molecule has 1 aromatic carbocycles. The Hall–Kier alpha value is -1.35. The van der Waals surface area contributed by atoms with Crippen LogP contribution in [-0.2, 0) is 4.79 Å². The number of hydrogen-bond donors (Lipinski definition) is 1. The van der Waals surface area contributed by atoms with Gasteiger partial charge in [0.05, 0.1) is 6.42 Å². The van der Waals surface area contributed by atoms with Crippen molar-refractivity contribution in [2.24, 2.45) is 0 Å². The predicted octanol–water partition coefficient (Wildman–Crippen LogP) is 2.48. The van der Waals surface area contributed by atoms with Gasteiger partial charge in [-0.2, -0.15) is 0 Å². The molecule has 78 valence electrons. The predicted molar refractivity (Wildman–Crippen MR) is 55.4 cm³/mol. The summed E-state index contributed by atoms with van der Waals surface area (Å²) in [6.07, 6.45) is 0.265. The number of ketones is 1. The molecule has 1 aromatic rings. The minimum absolute atomic E-state index is 0.00733. The van der Waals surface area contributed by atoms with Crippen LogP contribution in [-0.4, -0.2) is 16.9 Å². The molecule has 0 radical (unpaired) electrons. The number of hydrogen-bond acceptors (Lipinski definition) is 2. The van der Waals surface area contributed by atoms with Crippen molar-refractivity contribution >= 4 is 23.4 Å². The van der Waals surface area contributed by atoms with Gasteiger partial charge in [-0.15, -0.1) is 0 Å². The second kappa shape index (κ2) is 3.66. The van der Waals surface area contributed by atoms with Gasteiger partial charge in [0.25, 0.3) is 0 Å². The first kappa shape index (κ1) is 10.2. The number of rotatable bonds is 2. The second-order valence-electron chi connectivity index (χ2n) is 3.65. The van der Waals surface area contributed by atoms with Gasteiger partial charge in [-0.05, 0) is 23.8 Å². The smallest absolute Gasteiger partial charge is 0.303 e. The summed E-state index contributed by atoms with van der Waals surface area (Å²) in [5.41, 5.74) is 1.39. The van der Waals surface area contributed by atoms with Crippen molar-refractivity contribution < 1.29 is 14.7 Å². The number of carboxylic acids is 1. The molecule has 4 heteroatoms. The van der Waals surface area contributed by atoms with Gasteiger partial charge >= 0.3 is 5.97 Å². The summed E-state index contributed by atoms with van der Waals surface area (Å²) in [6, 6.07) is 5.01. The van der Waals surface area contributed by atoms with Crippen molar-refractivity contribution in [3.63, 3.8) is 0 Å². The van der Waals surface area contributed by atoms with Crippen LogP contribution in [0.2, 0.25) is 5.02 Å². The second-order valence-corrected chi connectivity index (χ2v) is 4.09. The fourth-order valence-corrected chi connectivity index (χ4v) is 2.14. The Balaban J connectivity index is 2.39. The zero-order valence-corrected chi connectivity index (χ0v) is 8.62. The SMILES string of the molecule is O=C(O)C[C@H]1CC(=O)c2ccc(Cl)cc21. The third kappa shape index (κ3) is 1.88. The standard InChI is InChI=1S/C11H9ClO3/c12-7-1-2-8-9(5-7)6(3-10(8)13)4-11(14)15/h1-2,5-6H,3-4H2,(H,14,15)/t6-/m1/s1. The van der Waals surface area contributed by atoms with E-state index in [9.17, 15) is 9.59 Å². The van der Waals surface area contributed by atoms with E-state index < -0.39 is 5.97 Å². The zero-order chi connectivity index (χ0) is 11.0. The highest BCUT2D eigenvalue weighted by atomic mass is 35.5. The van der Waals surface area contributed by atoms with E-state index >= 15 is 0 Å². The average molecular weight is 225 g/mol. The van der Waals surface area contributed by atoms with Crippen molar-refractivity contribution in [2.75, 3.05) is 0 Å². The van der Waals surface area contributed by atoms with Crippen LogP contribution in [0.4, 0.5) is 0 Å². The molecule has 0 aromatic heterocycles. The molecule has 0 bridgehead atoms. The lowest BCUT2D eigenvalue weighted by Gasteiger charge is -2.06. The Labute approximate surface area is 91.7 Å². The third-order valence-electron chi connectivity index (χ3n) is 2.61. The molecular weight excluding hydrogens is 216 g/mol. The van der Waals surface area contributed by atoms with E-state index in [1.54, 1.807) is 18.2 Å². The Bertz CT molecular complexity index is 437. The van der Waals surface area contributed by atoms with Crippen LogP contribution in [0.5, 0.6) is 0 Å². The largest absolute Gasteiger partial charge is 0.481 e. The molecule has 0 saturated carbocycles. The van der Waals surface area contributed by atoms with E-state index in [0.29, 0.717) is 10.6 Å². The fraction of sp³-hybridized carbons (Fsp3) is 0.273. The molecule has 0 saturated heterocycles. The van der Waals surface area contributed by atoms with Crippen LogP contribution in [0.3, 0.4) is 0 Å². The lowest BCUT2D eigenvalue weighted by molar-refractivity contribution is -0.137. The lowest BCUT2D eigenvalue weighted by Crippen LogP contribution is -2.03. The van der Waals surface area contributed by atoms with Gasteiger partial charge in [-0.1, -0.05) is 11.6 Å². The third-order valence-corrected chi connectivity index (χ3v) is 2.84. The summed E-state index contributed by atoms with van der Waals surface area (Å²) in [5, 5.41) is 9.25. The summed E-state index contributed by atoms with van der Waals surface area (Å²) < 4.78 is 0. The highest BCUT2D eigenvalue weighted by Crippen LogP contribution is 2.36. The van der Waals surface area contributed by atoms with Crippen LogP contribution in [0.15, 0.2) is 18.2 Å². The molecule has 15 heavy (non-hydrogen) atoms. The topological polar surface area (TPSA) is 54.4 Å². The van der Waals surface area contributed by atoms with Gasteiger partial charge in [0.2, 0.25) is 0 Å². The van der Waals surface area contributed by atoms with Crippen molar-refractivity contribution in [2.45, 2.75) is 18.8 Å². The molecule has 1 aliphatic carbocycles. The summed E-state index contributed by atoms with van der Waals surface area (Å²) >= 11 is 5.81. The Kier molecular flexibility index (Phi) is 2.49. The molecule has 0 spiro atoms. The minimum atomic E-state index is -0.888. The number of aliphatic carboxylic acids is 1. The van der Waals surface area contributed by atoms with E-state index in [0.717, 1.165) is 5.56 Å². The number of carbonyl (C=O) groups excluding carboxylic acids is 1. The van der Waals surface area contributed by atoms with Crippen LogP contribution < -0.4 is 0 Å². The molecule has 1 atom stereocenters. The lowest BCUT2D eigenvalue weighted by atomic mass is 9.98. The van der Waals surface area contributed by atoms with Crippen molar-refractivity contribution in [1.82, 2.24) is 0 Å². The normalized spacial score (nSPS) is 19.0. The highest BCUT2D eigenvalue weighted by molar-refractivity contribution is 6.30. The summed E-state index contributed by atoms with van der Waals surface area (Å²) in [7, 11) is 0. The summed E-state index contributed by atoms with van der Waals surface area (Å²) in [5.74, 6) is -1.10. The van der Waals surface area contributed by atoms with Crippen LogP contribution in [0.1, 0.15) is 34.7 Å². The van der Waals surface area contributed by atoms with Gasteiger partial charge in [-0.25, -0.2) is 0 Å². The summed E-state index contributed by atoms with van der Waals surface area (Å²) in [6.45, 7) is 0. The molecule has 0 fully saturated rings. The highest BCUT2D eigenvalue weighted by Gasteiger charge is 2.30. The van der Waals surface area contributed by atoms with Gasteiger partial charge in [-0.3, -0.25) is 9.59 Å². The first-order valence-corrected chi connectivity index (χ1v) is 5.00. The van der Waals surface area contributed by atoms with Gasteiger partial charge in [0.15, 0.2) is 5.78 Å². The monoisotopic (exact) mass is 224 g/mol. The molecule has 0 unspecified atom stereocenters. The molecule has 1 aliphatic rings. The van der Waals surface area contributed by atoms with Crippen LogP contribution in [0.25, 0.3) is 0 Å². The quantitative estimate of drug-likeness (QED) is 0.840. The van der Waals surface area contributed by atoms with Crippen molar-refractivity contribution in [3.05, 3.63) is 34.3 Å². The molecule has 0 amide bonds.